The largest absolute Gasteiger partial charge is 0.465 e. The van der Waals surface area contributed by atoms with E-state index in [0.29, 0.717) is 13.1 Å². The van der Waals surface area contributed by atoms with Crippen molar-refractivity contribution in [3.8, 4) is 0 Å². The van der Waals surface area contributed by atoms with Gasteiger partial charge >= 0.3 is 0 Å². The van der Waals surface area contributed by atoms with E-state index in [1.165, 1.54) is 0 Å². The summed E-state index contributed by atoms with van der Waals surface area (Å²) in [6, 6.07) is 3.90. The Morgan fingerprint density at radius 1 is 1.53 bits per heavy atom. The van der Waals surface area contributed by atoms with E-state index < -0.39 is 0 Å². The third-order valence-electron chi connectivity index (χ3n) is 2.40. The average molecular weight is 212 g/mol. The standard InChI is InChI=1S/C11H20N2O2/c1-8(14)7-13(3)10(6-12)11-5-4-9(2)15-11/h4-5,8,10,14H,6-7,12H2,1-3H3. The van der Waals surface area contributed by atoms with Gasteiger partial charge in [-0.1, -0.05) is 0 Å². The topological polar surface area (TPSA) is 62.6 Å². The predicted molar refractivity (Wildman–Crippen MR) is 59.6 cm³/mol. The molecule has 0 saturated heterocycles. The minimum absolute atomic E-state index is 0.0355. The fourth-order valence-corrected chi connectivity index (χ4v) is 1.69. The molecule has 3 N–H and O–H groups in total. The van der Waals surface area contributed by atoms with Gasteiger partial charge in [-0.2, -0.15) is 0 Å². The van der Waals surface area contributed by atoms with Crippen LogP contribution in [0.25, 0.3) is 0 Å². The van der Waals surface area contributed by atoms with Crippen molar-refractivity contribution < 1.29 is 9.52 Å². The first-order valence-corrected chi connectivity index (χ1v) is 5.19. The molecule has 0 saturated carbocycles. The second kappa shape index (κ2) is 5.30. The van der Waals surface area contributed by atoms with Crippen LogP contribution in [0.1, 0.15) is 24.5 Å². The second-order valence-corrected chi connectivity index (χ2v) is 3.99. The molecule has 0 spiro atoms. The molecule has 4 nitrogen and oxygen atoms in total. The van der Waals surface area contributed by atoms with Gasteiger partial charge in [0.2, 0.25) is 0 Å². The molecule has 4 heteroatoms. The van der Waals surface area contributed by atoms with Crippen molar-refractivity contribution in [1.82, 2.24) is 4.90 Å². The third-order valence-corrected chi connectivity index (χ3v) is 2.40. The SMILES string of the molecule is Cc1ccc(C(CN)N(C)CC(C)O)o1. The summed E-state index contributed by atoms with van der Waals surface area (Å²) in [5.41, 5.74) is 5.71. The van der Waals surface area contributed by atoms with Crippen LogP contribution in [0.3, 0.4) is 0 Å². The van der Waals surface area contributed by atoms with Crippen molar-refractivity contribution in [1.29, 1.82) is 0 Å². The number of hydrogen-bond acceptors (Lipinski definition) is 4. The van der Waals surface area contributed by atoms with Crippen molar-refractivity contribution in [2.24, 2.45) is 5.73 Å². The molecule has 0 aliphatic carbocycles. The van der Waals surface area contributed by atoms with E-state index in [1.807, 2.05) is 31.0 Å². The molecule has 2 atom stereocenters. The van der Waals surface area contributed by atoms with E-state index in [2.05, 4.69) is 0 Å². The number of aliphatic hydroxyl groups excluding tert-OH is 1. The molecule has 2 unspecified atom stereocenters. The Morgan fingerprint density at radius 2 is 2.20 bits per heavy atom. The van der Waals surface area contributed by atoms with Crippen LogP contribution in [0.4, 0.5) is 0 Å². The van der Waals surface area contributed by atoms with E-state index in [9.17, 15) is 5.11 Å². The Bertz CT molecular complexity index is 297. The number of nitrogens with zero attached hydrogens (tertiary/aromatic N) is 1. The van der Waals surface area contributed by atoms with Crippen LogP contribution >= 0.6 is 0 Å². The van der Waals surface area contributed by atoms with Gasteiger partial charge in [-0.15, -0.1) is 0 Å². The van der Waals surface area contributed by atoms with E-state index in [0.717, 1.165) is 11.5 Å². The summed E-state index contributed by atoms with van der Waals surface area (Å²) in [4.78, 5) is 2.00. The summed E-state index contributed by atoms with van der Waals surface area (Å²) >= 11 is 0. The first-order chi connectivity index (χ1) is 7.04. The lowest BCUT2D eigenvalue weighted by atomic mass is 10.2. The zero-order valence-corrected chi connectivity index (χ0v) is 9.60. The summed E-state index contributed by atoms with van der Waals surface area (Å²) in [7, 11) is 1.93. The molecule has 86 valence electrons. The summed E-state index contributed by atoms with van der Waals surface area (Å²) in [6.45, 7) is 4.74. The van der Waals surface area contributed by atoms with Gasteiger partial charge < -0.3 is 15.3 Å². The van der Waals surface area contributed by atoms with E-state index in [-0.39, 0.29) is 12.1 Å². The summed E-state index contributed by atoms with van der Waals surface area (Å²) in [5.74, 6) is 1.74. The number of likely N-dealkylation sites (N-methyl/N-ethyl adjacent to an activating group) is 1. The molecule has 15 heavy (non-hydrogen) atoms. The molecule has 0 aliphatic heterocycles. The van der Waals surface area contributed by atoms with Gasteiger partial charge in [0.05, 0.1) is 12.1 Å². The van der Waals surface area contributed by atoms with Crippen LogP contribution < -0.4 is 5.73 Å². The van der Waals surface area contributed by atoms with Crippen LogP contribution in [0.2, 0.25) is 0 Å². The predicted octanol–water partition coefficient (Wildman–Crippen LogP) is 0.900. The maximum Gasteiger partial charge on any atom is 0.122 e. The van der Waals surface area contributed by atoms with Gasteiger partial charge in [-0.25, -0.2) is 0 Å². The molecule has 1 aromatic rings. The molecular formula is C11H20N2O2. The number of furan rings is 1. The first-order valence-electron chi connectivity index (χ1n) is 5.19. The Morgan fingerprint density at radius 3 is 2.60 bits per heavy atom. The molecule has 1 rings (SSSR count). The zero-order chi connectivity index (χ0) is 11.4. The number of rotatable bonds is 5. The summed E-state index contributed by atoms with van der Waals surface area (Å²) in [5, 5.41) is 9.31. The van der Waals surface area contributed by atoms with Crippen LogP contribution in [0.5, 0.6) is 0 Å². The lowest BCUT2D eigenvalue weighted by molar-refractivity contribution is 0.111. The number of nitrogens with two attached hydrogens (primary N) is 1. The highest BCUT2D eigenvalue weighted by Gasteiger charge is 2.19. The molecule has 0 aromatic carbocycles. The minimum Gasteiger partial charge on any atom is -0.465 e. The Kier molecular flexibility index (Phi) is 4.32. The van der Waals surface area contributed by atoms with E-state index in [1.54, 1.807) is 6.92 Å². The monoisotopic (exact) mass is 212 g/mol. The highest BCUT2D eigenvalue weighted by Crippen LogP contribution is 2.20. The van der Waals surface area contributed by atoms with Crippen LogP contribution in [-0.4, -0.2) is 36.2 Å². The lowest BCUT2D eigenvalue weighted by Gasteiger charge is -2.26. The highest BCUT2D eigenvalue weighted by atomic mass is 16.3. The summed E-state index contributed by atoms with van der Waals surface area (Å²) in [6.07, 6.45) is -0.361. The van der Waals surface area contributed by atoms with Crippen molar-refractivity contribution in [3.63, 3.8) is 0 Å². The van der Waals surface area contributed by atoms with Crippen molar-refractivity contribution in [3.05, 3.63) is 23.7 Å². The molecule has 0 bridgehead atoms. The van der Waals surface area contributed by atoms with Gasteiger partial charge in [-0.05, 0) is 33.0 Å². The van der Waals surface area contributed by atoms with Crippen molar-refractivity contribution in [2.45, 2.75) is 26.0 Å². The Labute approximate surface area is 90.7 Å². The molecular weight excluding hydrogens is 192 g/mol. The molecule has 0 aliphatic rings. The second-order valence-electron chi connectivity index (χ2n) is 3.99. The average Bonchev–Trinajstić information content (AvgIpc) is 2.51. The van der Waals surface area contributed by atoms with Gasteiger partial charge in [0, 0.05) is 13.1 Å². The van der Waals surface area contributed by atoms with Crippen molar-refractivity contribution >= 4 is 0 Å². The van der Waals surface area contributed by atoms with Crippen LogP contribution in [0, 0.1) is 6.92 Å². The number of hydrogen-bond donors (Lipinski definition) is 2. The molecule has 1 aromatic heterocycles. The lowest BCUT2D eigenvalue weighted by Crippen LogP contribution is -2.35. The number of aryl methyl sites for hydroxylation is 1. The summed E-state index contributed by atoms with van der Waals surface area (Å²) < 4.78 is 5.54. The molecule has 1 heterocycles. The van der Waals surface area contributed by atoms with Crippen LogP contribution in [-0.2, 0) is 0 Å². The quantitative estimate of drug-likeness (QED) is 0.761. The fraction of sp³-hybridized carbons (Fsp3) is 0.636. The normalized spacial score (nSPS) is 15.6. The van der Waals surface area contributed by atoms with E-state index in [4.69, 9.17) is 10.2 Å². The highest BCUT2D eigenvalue weighted by molar-refractivity contribution is 5.10. The van der Waals surface area contributed by atoms with Crippen molar-refractivity contribution in [2.75, 3.05) is 20.1 Å². The smallest absolute Gasteiger partial charge is 0.122 e. The molecule has 0 fully saturated rings. The molecule has 0 radical (unpaired) electrons. The number of aliphatic hydroxyl groups is 1. The fourth-order valence-electron chi connectivity index (χ4n) is 1.69. The maximum absolute atomic E-state index is 9.31. The van der Waals surface area contributed by atoms with Gasteiger partial charge in [0.15, 0.2) is 0 Å². The molecule has 0 amide bonds. The Balaban J connectivity index is 2.70. The van der Waals surface area contributed by atoms with E-state index >= 15 is 0 Å². The first kappa shape index (κ1) is 12.2. The van der Waals surface area contributed by atoms with Gasteiger partial charge in [0.1, 0.15) is 11.5 Å². The van der Waals surface area contributed by atoms with Crippen LogP contribution in [0.15, 0.2) is 16.5 Å². The zero-order valence-electron chi connectivity index (χ0n) is 9.60. The minimum atomic E-state index is -0.361. The van der Waals surface area contributed by atoms with Gasteiger partial charge in [-0.3, -0.25) is 4.90 Å². The van der Waals surface area contributed by atoms with Gasteiger partial charge in [0.25, 0.3) is 0 Å². The maximum atomic E-state index is 9.31. The Hall–Kier alpha value is -0.840. The third kappa shape index (κ3) is 3.34.